The third-order valence-corrected chi connectivity index (χ3v) is 6.75. The normalized spacial score (nSPS) is 11.3. The molecule has 0 aliphatic rings. The zero-order chi connectivity index (χ0) is 21.4. The van der Waals surface area contributed by atoms with E-state index in [0.717, 1.165) is 19.3 Å². The molecule has 9 heteroatoms. The molecule has 0 saturated carbocycles. The van der Waals surface area contributed by atoms with Crippen molar-refractivity contribution in [2.75, 3.05) is 0 Å². The standard InChI is InChI=1S/C21H18ClIN4O2S/c1-25-18-17(19(28)26(2)21(25)29)27(11-13-5-3-7-15(22)9-13)20(24-18)30-12-14-6-4-8-16(23)10-14/h3-10H,11-12H2,1-2H3. The lowest BCUT2D eigenvalue weighted by molar-refractivity contribution is 0.696. The van der Waals surface area contributed by atoms with Crippen LogP contribution < -0.4 is 11.2 Å². The molecule has 0 radical (unpaired) electrons. The van der Waals surface area contributed by atoms with Crippen LogP contribution in [0.1, 0.15) is 11.1 Å². The number of imidazole rings is 1. The Balaban J connectivity index is 1.85. The van der Waals surface area contributed by atoms with Gasteiger partial charge in [-0.1, -0.05) is 47.6 Å². The molecule has 0 aliphatic heterocycles. The Labute approximate surface area is 195 Å². The Bertz CT molecular complexity index is 1380. The maximum absolute atomic E-state index is 13.0. The number of aryl methyl sites for hydroxylation is 1. The highest BCUT2D eigenvalue weighted by Crippen LogP contribution is 2.27. The van der Waals surface area contributed by atoms with Crippen molar-refractivity contribution in [3.63, 3.8) is 0 Å². The smallest absolute Gasteiger partial charge is 0.309 e. The van der Waals surface area contributed by atoms with Gasteiger partial charge < -0.3 is 4.57 Å². The van der Waals surface area contributed by atoms with Gasteiger partial charge in [-0.05, 0) is 58.0 Å². The first-order chi connectivity index (χ1) is 14.3. The first-order valence-corrected chi connectivity index (χ1v) is 11.6. The fourth-order valence-electron chi connectivity index (χ4n) is 3.28. The number of thioether (sulfide) groups is 1. The number of hydrogen-bond donors (Lipinski definition) is 0. The summed E-state index contributed by atoms with van der Waals surface area (Å²) >= 11 is 9.99. The minimum atomic E-state index is -0.394. The van der Waals surface area contributed by atoms with E-state index in [1.165, 1.54) is 23.4 Å². The molecular formula is C21H18ClIN4O2S. The number of benzene rings is 2. The van der Waals surface area contributed by atoms with Crippen molar-refractivity contribution in [2.24, 2.45) is 14.1 Å². The maximum atomic E-state index is 13.0. The summed E-state index contributed by atoms with van der Waals surface area (Å²) in [6, 6.07) is 15.8. The fraction of sp³-hybridized carbons (Fsp3) is 0.190. The van der Waals surface area contributed by atoms with Crippen LogP contribution >= 0.6 is 46.0 Å². The zero-order valence-electron chi connectivity index (χ0n) is 16.3. The van der Waals surface area contributed by atoms with Gasteiger partial charge in [0.25, 0.3) is 5.56 Å². The second-order valence-corrected chi connectivity index (χ2v) is 9.53. The Morgan fingerprint density at radius 2 is 1.77 bits per heavy atom. The minimum Gasteiger partial charge on any atom is -0.309 e. The molecule has 30 heavy (non-hydrogen) atoms. The number of hydrogen-bond acceptors (Lipinski definition) is 4. The van der Waals surface area contributed by atoms with E-state index in [1.54, 1.807) is 7.05 Å². The van der Waals surface area contributed by atoms with E-state index in [0.29, 0.717) is 33.6 Å². The molecule has 4 aromatic rings. The van der Waals surface area contributed by atoms with Crippen LogP contribution in [-0.2, 0) is 26.4 Å². The lowest BCUT2D eigenvalue weighted by Crippen LogP contribution is -2.37. The quantitative estimate of drug-likeness (QED) is 0.277. The van der Waals surface area contributed by atoms with Gasteiger partial charge in [-0.25, -0.2) is 9.78 Å². The monoisotopic (exact) mass is 552 g/mol. The van der Waals surface area contributed by atoms with Gasteiger partial charge in [0.1, 0.15) is 0 Å². The van der Waals surface area contributed by atoms with Gasteiger partial charge in [-0.2, -0.15) is 0 Å². The molecule has 0 N–H and O–H groups in total. The van der Waals surface area contributed by atoms with Crippen LogP contribution in [0.5, 0.6) is 0 Å². The second kappa shape index (κ2) is 8.60. The Morgan fingerprint density at radius 1 is 1.03 bits per heavy atom. The summed E-state index contributed by atoms with van der Waals surface area (Å²) in [7, 11) is 3.12. The summed E-state index contributed by atoms with van der Waals surface area (Å²) in [4.78, 5) is 30.0. The summed E-state index contributed by atoms with van der Waals surface area (Å²) in [5.74, 6) is 0.698. The van der Waals surface area contributed by atoms with Crippen molar-refractivity contribution in [2.45, 2.75) is 17.5 Å². The van der Waals surface area contributed by atoms with Crippen LogP contribution in [0.25, 0.3) is 11.2 Å². The number of rotatable bonds is 5. The Hall–Kier alpha value is -2.04. The lowest BCUT2D eigenvalue weighted by atomic mass is 10.2. The third-order valence-electron chi connectivity index (χ3n) is 4.80. The highest BCUT2D eigenvalue weighted by atomic mass is 127. The van der Waals surface area contributed by atoms with Gasteiger partial charge >= 0.3 is 5.69 Å². The number of halogens is 2. The Morgan fingerprint density at radius 3 is 2.50 bits per heavy atom. The molecule has 2 aromatic carbocycles. The summed E-state index contributed by atoms with van der Waals surface area (Å²) < 4.78 is 5.57. The van der Waals surface area contributed by atoms with Crippen molar-refractivity contribution in [3.8, 4) is 0 Å². The molecule has 4 rings (SSSR count). The number of fused-ring (bicyclic) bond motifs is 1. The molecule has 6 nitrogen and oxygen atoms in total. The fourth-order valence-corrected chi connectivity index (χ4v) is 5.03. The molecular weight excluding hydrogens is 535 g/mol. The minimum absolute atomic E-state index is 0.358. The third kappa shape index (κ3) is 4.08. The van der Waals surface area contributed by atoms with Crippen molar-refractivity contribution in [1.82, 2.24) is 18.7 Å². The first-order valence-electron chi connectivity index (χ1n) is 9.13. The lowest BCUT2D eigenvalue weighted by Gasteiger charge is -2.10. The molecule has 2 aromatic heterocycles. The molecule has 154 valence electrons. The van der Waals surface area contributed by atoms with Crippen molar-refractivity contribution < 1.29 is 0 Å². The van der Waals surface area contributed by atoms with Gasteiger partial charge in [0.15, 0.2) is 16.3 Å². The van der Waals surface area contributed by atoms with E-state index in [9.17, 15) is 9.59 Å². The zero-order valence-corrected chi connectivity index (χ0v) is 20.0. The van der Waals surface area contributed by atoms with Crippen LogP contribution in [0.15, 0.2) is 63.3 Å². The molecule has 0 aliphatic carbocycles. The van der Waals surface area contributed by atoms with Crippen LogP contribution in [0.4, 0.5) is 0 Å². The summed E-state index contributed by atoms with van der Waals surface area (Å²) in [6.07, 6.45) is 0. The molecule has 0 atom stereocenters. The predicted octanol–water partition coefficient (Wildman–Crippen LogP) is 4.03. The van der Waals surface area contributed by atoms with E-state index in [4.69, 9.17) is 11.6 Å². The SMILES string of the molecule is Cn1c(=O)c2c(nc(SCc3cccc(I)c3)n2Cc2cccc(Cl)c2)n(C)c1=O. The largest absolute Gasteiger partial charge is 0.332 e. The highest BCUT2D eigenvalue weighted by molar-refractivity contribution is 14.1. The molecule has 0 bridgehead atoms. The Kier molecular flexibility index (Phi) is 6.08. The predicted molar refractivity (Wildman–Crippen MR) is 129 cm³/mol. The topological polar surface area (TPSA) is 61.8 Å². The van der Waals surface area contributed by atoms with Gasteiger partial charge in [-0.3, -0.25) is 13.9 Å². The van der Waals surface area contributed by atoms with Crippen LogP contribution in [0.3, 0.4) is 0 Å². The molecule has 0 fully saturated rings. The maximum Gasteiger partial charge on any atom is 0.332 e. The number of nitrogens with zero attached hydrogens (tertiary/aromatic N) is 4. The van der Waals surface area contributed by atoms with E-state index in [-0.39, 0.29) is 5.56 Å². The van der Waals surface area contributed by atoms with Crippen LogP contribution in [0, 0.1) is 3.57 Å². The summed E-state index contributed by atoms with van der Waals surface area (Å²) in [5.41, 5.74) is 2.15. The van der Waals surface area contributed by atoms with E-state index >= 15 is 0 Å². The van der Waals surface area contributed by atoms with Crippen molar-refractivity contribution in [3.05, 3.63) is 89.1 Å². The molecule has 0 amide bonds. The van der Waals surface area contributed by atoms with Crippen LogP contribution in [0.2, 0.25) is 5.02 Å². The summed E-state index contributed by atoms with van der Waals surface area (Å²) in [5, 5.41) is 1.31. The second-order valence-electron chi connectivity index (χ2n) is 6.91. The average molecular weight is 553 g/mol. The first kappa shape index (κ1) is 21.2. The molecule has 2 heterocycles. The molecule has 0 saturated heterocycles. The van der Waals surface area contributed by atoms with Crippen molar-refractivity contribution >= 4 is 57.1 Å². The van der Waals surface area contributed by atoms with Gasteiger partial charge in [0, 0.05) is 28.4 Å². The van der Waals surface area contributed by atoms with Gasteiger partial charge in [0.2, 0.25) is 0 Å². The number of aromatic nitrogens is 4. The van der Waals surface area contributed by atoms with Gasteiger partial charge in [-0.15, -0.1) is 0 Å². The van der Waals surface area contributed by atoms with E-state index in [1.807, 2.05) is 41.0 Å². The highest BCUT2D eigenvalue weighted by Gasteiger charge is 2.20. The average Bonchev–Trinajstić information content (AvgIpc) is 3.07. The summed E-state index contributed by atoms with van der Waals surface area (Å²) in [6.45, 7) is 0.430. The molecule has 0 spiro atoms. The molecule has 0 unspecified atom stereocenters. The van der Waals surface area contributed by atoms with E-state index in [2.05, 4.69) is 39.7 Å². The van der Waals surface area contributed by atoms with Gasteiger partial charge in [0.05, 0.1) is 6.54 Å². The van der Waals surface area contributed by atoms with Crippen LogP contribution in [-0.4, -0.2) is 18.7 Å². The van der Waals surface area contributed by atoms with E-state index < -0.39 is 5.69 Å². The van der Waals surface area contributed by atoms with Crippen molar-refractivity contribution in [1.29, 1.82) is 0 Å².